The Morgan fingerprint density at radius 3 is 2.60 bits per heavy atom. The van der Waals surface area contributed by atoms with Gasteiger partial charge in [-0.15, -0.1) is 0 Å². The van der Waals surface area contributed by atoms with Crippen LogP contribution in [0, 0.1) is 0 Å². The normalized spacial score (nSPS) is 21.5. The van der Waals surface area contributed by atoms with Crippen LogP contribution < -0.4 is 0 Å². The van der Waals surface area contributed by atoms with E-state index in [-0.39, 0.29) is 6.61 Å². The van der Waals surface area contributed by atoms with Crippen molar-refractivity contribution in [3.05, 3.63) is 12.2 Å². The summed E-state index contributed by atoms with van der Waals surface area (Å²) in [6.07, 6.45) is 10.8. The van der Waals surface area contributed by atoms with Gasteiger partial charge >= 0.3 is 0 Å². The third-order valence-corrected chi connectivity index (χ3v) is 3.42. The maximum atomic E-state index is 9.14. The van der Waals surface area contributed by atoms with Crippen molar-refractivity contribution in [2.24, 2.45) is 0 Å². The summed E-state index contributed by atoms with van der Waals surface area (Å²) >= 11 is 0. The second-order valence-electron chi connectivity index (χ2n) is 4.36. The number of hydrogen-bond donors (Lipinski definition) is 1. The van der Waals surface area contributed by atoms with Crippen molar-refractivity contribution in [1.29, 1.82) is 0 Å². The molecule has 0 aromatic heterocycles. The van der Waals surface area contributed by atoms with Gasteiger partial charge in [0.15, 0.2) is 0 Å². The Kier molecular flexibility index (Phi) is 5.96. The molecule has 2 heteroatoms. The minimum atomic E-state index is 0.279. The minimum Gasteiger partial charge on any atom is -0.395 e. The van der Waals surface area contributed by atoms with Crippen LogP contribution in [-0.4, -0.2) is 35.2 Å². The molecule has 1 aliphatic carbocycles. The molecule has 1 rings (SSSR count). The lowest BCUT2D eigenvalue weighted by Crippen LogP contribution is -2.44. The van der Waals surface area contributed by atoms with Crippen LogP contribution in [0.15, 0.2) is 12.2 Å². The quantitative estimate of drug-likeness (QED) is 0.683. The van der Waals surface area contributed by atoms with Gasteiger partial charge in [0.25, 0.3) is 0 Å². The van der Waals surface area contributed by atoms with Gasteiger partial charge in [0, 0.05) is 18.6 Å². The molecule has 2 nitrogen and oxygen atoms in total. The van der Waals surface area contributed by atoms with E-state index >= 15 is 0 Å². The molecule has 15 heavy (non-hydrogen) atoms. The maximum absolute atomic E-state index is 9.14. The Balaban J connectivity index is 2.61. The highest BCUT2D eigenvalue weighted by Crippen LogP contribution is 2.21. The van der Waals surface area contributed by atoms with Crippen molar-refractivity contribution >= 4 is 0 Å². The predicted octanol–water partition coefficient (Wildman–Crippen LogP) is 2.58. The van der Waals surface area contributed by atoms with Gasteiger partial charge in [0.1, 0.15) is 0 Å². The first-order chi connectivity index (χ1) is 7.33. The second-order valence-corrected chi connectivity index (χ2v) is 4.36. The van der Waals surface area contributed by atoms with Gasteiger partial charge in [-0.25, -0.2) is 0 Å². The summed E-state index contributed by atoms with van der Waals surface area (Å²) < 4.78 is 0. The largest absolute Gasteiger partial charge is 0.395 e. The summed E-state index contributed by atoms with van der Waals surface area (Å²) in [5.74, 6) is 0. The molecule has 0 radical (unpaired) electrons. The molecule has 0 heterocycles. The summed E-state index contributed by atoms with van der Waals surface area (Å²) in [4.78, 5) is 2.48. The zero-order valence-electron chi connectivity index (χ0n) is 10.2. The van der Waals surface area contributed by atoms with Crippen LogP contribution in [0.4, 0.5) is 0 Å². The third-order valence-electron chi connectivity index (χ3n) is 3.42. The number of aliphatic hydroxyl groups is 1. The van der Waals surface area contributed by atoms with Gasteiger partial charge in [-0.3, -0.25) is 4.90 Å². The average Bonchev–Trinajstić information content (AvgIpc) is 2.30. The fourth-order valence-electron chi connectivity index (χ4n) is 2.56. The lowest BCUT2D eigenvalue weighted by atomic mass is 9.98. The van der Waals surface area contributed by atoms with E-state index in [1.807, 2.05) is 0 Å². The number of allylic oxidation sites excluding steroid dienone is 1. The molecule has 88 valence electrons. The average molecular weight is 211 g/mol. The molecule has 0 aromatic carbocycles. The Morgan fingerprint density at radius 1 is 1.40 bits per heavy atom. The van der Waals surface area contributed by atoms with E-state index in [1.54, 1.807) is 0 Å². The highest BCUT2D eigenvalue weighted by Gasteiger charge is 2.22. The summed E-state index contributed by atoms with van der Waals surface area (Å²) in [6.45, 7) is 5.58. The SMILES string of the molecule is CCC(CC)N(CCO)C1C=CCCC1. The Morgan fingerprint density at radius 2 is 2.13 bits per heavy atom. The highest BCUT2D eigenvalue weighted by atomic mass is 16.3. The lowest BCUT2D eigenvalue weighted by molar-refractivity contribution is 0.109. The van der Waals surface area contributed by atoms with Gasteiger partial charge in [0.05, 0.1) is 6.61 Å². The Hall–Kier alpha value is -0.340. The molecule has 0 spiro atoms. The molecular formula is C13H25NO. The molecule has 1 unspecified atom stereocenters. The first-order valence-corrected chi connectivity index (χ1v) is 6.36. The van der Waals surface area contributed by atoms with E-state index in [9.17, 15) is 0 Å². The van der Waals surface area contributed by atoms with Crippen molar-refractivity contribution in [2.45, 2.75) is 58.0 Å². The molecule has 1 aliphatic rings. The van der Waals surface area contributed by atoms with Gasteiger partial charge < -0.3 is 5.11 Å². The Bertz CT molecular complexity index is 187. The zero-order valence-corrected chi connectivity index (χ0v) is 10.2. The van der Waals surface area contributed by atoms with Crippen molar-refractivity contribution in [3.63, 3.8) is 0 Å². The molecule has 0 aliphatic heterocycles. The second kappa shape index (κ2) is 7.02. The van der Waals surface area contributed by atoms with Crippen molar-refractivity contribution in [1.82, 2.24) is 4.90 Å². The smallest absolute Gasteiger partial charge is 0.0558 e. The standard InChI is InChI=1S/C13H25NO/c1-3-12(4-2)14(10-11-15)13-8-6-5-7-9-13/h6,8,12-13,15H,3-5,7,9-11H2,1-2H3. The highest BCUT2D eigenvalue weighted by molar-refractivity contribution is 4.99. The number of aliphatic hydroxyl groups excluding tert-OH is 1. The molecule has 0 saturated heterocycles. The summed E-state index contributed by atoms with van der Waals surface area (Å²) in [5, 5.41) is 9.14. The van der Waals surface area contributed by atoms with Crippen molar-refractivity contribution in [2.75, 3.05) is 13.2 Å². The van der Waals surface area contributed by atoms with Crippen LogP contribution in [0.25, 0.3) is 0 Å². The first kappa shape index (κ1) is 12.7. The Labute approximate surface area is 94.0 Å². The molecule has 1 N–H and O–H groups in total. The summed E-state index contributed by atoms with van der Waals surface area (Å²) in [7, 11) is 0. The molecule has 1 atom stereocenters. The van der Waals surface area contributed by atoms with Crippen LogP contribution in [0.1, 0.15) is 46.0 Å². The van der Waals surface area contributed by atoms with E-state index in [4.69, 9.17) is 5.11 Å². The maximum Gasteiger partial charge on any atom is 0.0558 e. The lowest BCUT2D eigenvalue weighted by Gasteiger charge is -2.37. The van der Waals surface area contributed by atoms with Gasteiger partial charge in [0.2, 0.25) is 0 Å². The minimum absolute atomic E-state index is 0.279. The monoisotopic (exact) mass is 211 g/mol. The molecule has 0 fully saturated rings. The number of hydrogen-bond acceptors (Lipinski definition) is 2. The molecule has 0 amide bonds. The van der Waals surface area contributed by atoms with E-state index in [0.29, 0.717) is 12.1 Å². The van der Waals surface area contributed by atoms with E-state index in [0.717, 1.165) is 6.54 Å². The van der Waals surface area contributed by atoms with Crippen LogP contribution in [0.2, 0.25) is 0 Å². The molecular weight excluding hydrogens is 186 g/mol. The fourth-order valence-corrected chi connectivity index (χ4v) is 2.56. The van der Waals surface area contributed by atoms with Crippen LogP contribution in [0.5, 0.6) is 0 Å². The summed E-state index contributed by atoms with van der Waals surface area (Å²) in [5.41, 5.74) is 0. The van der Waals surface area contributed by atoms with Gasteiger partial charge in [-0.05, 0) is 32.1 Å². The van der Waals surface area contributed by atoms with E-state index in [1.165, 1.54) is 32.1 Å². The molecule has 0 bridgehead atoms. The molecule has 0 saturated carbocycles. The number of rotatable bonds is 6. The van der Waals surface area contributed by atoms with Crippen LogP contribution in [-0.2, 0) is 0 Å². The fraction of sp³-hybridized carbons (Fsp3) is 0.846. The van der Waals surface area contributed by atoms with Crippen LogP contribution >= 0.6 is 0 Å². The molecule has 0 aromatic rings. The topological polar surface area (TPSA) is 23.5 Å². The van der Waals surface area contributed by atoms with Crippen LogP contribution in [0.3, 0.4) is 0 Å². The first-order valence-electron chi connectivity index (χ1n) is 6.36. The summed E-state index contributed by atoms with van der Waals surface area (Å²) in [6, 6.07) is 1.20. The van der Waals surface area contributed by atoms with Gasteiger partial charge in [-0.1, -0.05) is 26.0 Å². The van der Waals surface area contributed by atoms with Gasteiger partial charge in [-0.2, -0.15) is 0 Å². The van der Waals surface area contributed by atoms with E-state index in [2.05, 4.69) is 30.9 Å². The van der Waals surface area contributed by atoms with E-state index < -0.39 is 0 Å². The zero-order chi connectivity index (χ0) is 11.1. The predicted molar refractivity (Wildman–Crippen MR) is 64.9 cm³/mol. The van der Waals surface area contributed by atoms with Crippen molar-refractivity contribution < 1.29 is 5.11 Å². The third kappa shape index (κ3) is 3.62. The van der Waals surface area contributed by atoms with Crippen molar-refractivity contribution in [3.8, 4) is 0 Å². The number of nitrogens with zero attached hydrogens (tertiary/aromatic N) is 1.